The molecular formula is C66H80ClN5O6Zn. The summed E-state index contributed by atoms with van der Waals surface area (Å²) in [6, 6.07) is 36.2. The number of carbonyl (C=O) groups is 4. The number of hydrogen-bond donors (Lipinski definition) is 2. The van der Waals surface area contributed by atoms with Crippen LogP contribution in [0.5, 0.6) is 0 Å². The molecule has 8 rings (SSSR count). The van der Waals surface area contributed by atoms with Crippen molar-refractivity contribution >= 4 is 62.3 Å². The van der Waals surface area contributed by atoms with E-state index >= 15 is 9.59 Å². The van der Waals surface area contributed by atoms with Crippen LogP contribution in [0.15, 0.2) is 137 Å². The van der Waals surface area contributed by atoms with Crippen molar-refractivity contribution in [3.63, 3.8) is 0 Å². The van der Waals surface area contributed by atoms with Gasteiger partial charge < -0.3 is 30.1 Å². The molecule has 2 fully saturated rings. The maximum absolute atomic E-state index is 15.7. The normalized spacial score (nSPS) is 23.3. The van der Waals surface area contributed by atoms with Gasteiger partial charge in [-0.3, -0.25) is 9.59 Å². The van der Waals surface area contributed by atoms with E-state index in [-0.39, 0.29) is 79.8 Å². The molecule has 0 spiro atoms. The number of benzene rings is 4. The van der Waals surface area contributed by atoms with Gasteiger partial charge in [0.2, 0.25) is 5.91 Å². The Morgan fingerprint density at radius 3 is 1.32 bits per heavy atom. The molecule has 4 atom stereocenters. The number of anilines is 1. The first-order chi connectivity index (χ1) is 37.2. The summed E-state index contributed by atoms with van der Waals surface area (Å²) >= 11 is 0.847. The minimum absolute atomic E-state index is 0.0213. The second-order valence-electron chi connectivity index (χ2n) is 26.3. The molecule has 2 saturated carbocycles. The van der Waals surface area contributed by atoms with Crippen LogP contribution in [0.1, 0.15) is 159 Å². The van der Waals surface area contributed by atoms with Crippen molar-refractivity contribution in [1.29, 1.82) is 0 Å². The molecule has 0 radical (unpaired) electrons. The van der Waals surface area contributed by atoms with Gasteiger partial charge >= 0.3 is 38.9 Å². The predicted octanol–water partition coefficient (Wildman–Crippen LogP) is 15.5. The van der Waals surface area contributed by atoms with E-state index in [0.29, 0.717) is 45.2 Å². The number of nitrogens with one attached hydrogen (secondary N) is 2. The Labute approximate surface area is 483 Å². The topological polar surface area (TPSA) is 150 Å². The standard InChI is InChI=1S/C66H81N5O6.ClH.Zn/c1-39-35-45(63(3,4)5)53(46(36-39)64(6,7)8)76-61(74)51-49(41-27-19-15-20-28-41)55(68-57(51)70-59(72)43-31-23-17-24-32-43)67-56-50(42-29-21-16-22-30-42)52(58(69-56)71-60(73)44-33-25-18-26-34-44)62(75)77-54-47(65(9,10)11)37-40(2)38-48(54)66(12,13)14;;/h15-34,39-40,45-48,53-54H,35-38H2,1-14H3,(H3,67,68,69,70,71,72,73,74,75);1H;/q;;+2/p-2. The molecule has 4 unspecified atom stereocenters. The molecule has 3 aliphatic rings. The van der Waals surface area contributed by atoms with E-state index in [0.717, 1.165) is 43.0 Å². The van der Waals surface area contributed by atoms with Crippen LogP contribution in [-0.2, 0) is 31.6 Å². The van der Waals surface area contributed by atoms with E-state index in [1.807, 2.05) is 72.8 Å². The Bertz CT molecular complexity index is 3010. The zero-order valence-electron chi connectivity index (χ0n) is 48.9. The number of carbonyl (C=O) groups excluding carboxylic acids is 4. The third kappa shape index (κ3) is 14.1. The molecule has 0 bridgehead atoms. The third-order valence-corrected chi connectivity index (χ3v) is 16.3. The quantitative estimate of drug-likeness (QED) is 0.104. The number of nitrogens with zero attached hydrogens (tertiary/aromatic N) is 3. The van der Waals surface area contributed by atoms with Crippen LogP contribution >= 0.6 is 9.69 Å². The number of amidine groups is 2. The number of aromatic nitrogens is 1. The van der Waals surface area contributed by atoms with Crippen molar-refractivity contribution < 1.29 is 46.0 Å². The van der Waals surface area contributed by atoms with Gasteiger partial charge in [-0.2, -0.15) is 0 Å². The number of aliphatic imine (C=N–C) groups is 2. The van der Waals surface area contributed by atoms with Gasteiger partial charge in [0.25, 0.3) is 5.91 Å². The molecule has 2 N–H and O–H groups in total. The van der Waals surface area contributed by atoms with E-state index in [1.165, 1.54) is 0 Å². The van der Waals surface area contributed by atoms with Gasteiger partial charge in [0.1, 0.15) is 23.6 Å². The molecule has 2 amide bonds. The van der Waals surface area contributed by atoms with E-state index in [4.69, 9.17) is 34.1 Å². The summed E-state index contributed by atoms with van der Waals surface area (Å²) in [6.45, 7) is 31.0. The predicted molar refractivity (Wildman–Crippen MR) is 315 cm³/mol. The first-order valence-electron chi connectivity index (χ1n) is 27.9. The SMILES string of the molecule is CC1CC(C(C)(C)C)C(OC(=O)C2=C(c3ccccc3)/C(=N/c3[n-]c(NC(=O)c4ccccc4)c(C(=O)OC4C(C(C)(C)C)CC(C)CC4C(C)(C)C)c3-c3ccccc3)N=C2NC(=O)c2ccccc2)C(C(C)(C)C)C1.[Cl][Zn+]. The maximum atomic E-state index is 15.7. The summed E-state index contributed by atoms with van der Waals surface area (Å²) < 4.78 is 13.9. The van der Waals surface area contributed by atoms with Crippen LogP contribution in [0.3, 0.4) is 0 Å². The summed E-state index contributed by atoms with van der Waals surface area (Å²) in [5.41, 5.74) is 1.75. The molecule has 13 heteroatoms. The van der Waals surface area contributed by atoms with Gasteiger partial charge in [-0.1, -0.05) is 206 Å². The fourth-order valence-corrected chi connectivity index (χ4v) is 12.1. The van der Waals surface area contributed by atoms with Gasteiger partial charge in [-0.05, 0) is 82.4 Å². The molecule has 2 heterocycles. The first-order valence-corrected chi connectivity index (χ1v) is 31.8. The minimum atomic E-state index is -0.647. The summed E-state index contributed by atoms with van der Waals surface area (Å²) in [6.07, 6.45) is 2.58. The monoisotopic (exact) mass is 1140 g/mol. The first kappa shape index (κ1) is 60.7. The van der Waals surface area contributed by atoms with E-state index < -0.39 is 36.0 Å². The molecule has 4 aromatic carbocycles. The second-order valence-corrected chi connectivity index (χ2v) is 26.3. The molecule has 11 nitrogen and oxygen atoms in total. The number of rotatable bonds is 10. The molecule has 1 aliphatic heterocycles. The molecular weight excluding hydrogens is 1060 g/mol. The number of amides is 2. The summed E-state index contributed by atoms with van der Waals surface area (Å²) in [7, 11) is 4.76. The zero-order valence-corrected chi connectivity index (χ0v) is 52.6. The zero-order chi connectivity index (χ0) is 57.8. The average Bonchev–Trinajstić information content (AvgIpc) is 4.12. The van der Waals surface area contributed by atoms with Crippen molar-refractivity contribution in [3.05, 3.63) is 149 Å². The number of hydrogen-bond acceptors (Lipinski definition) is 7. The summed E-state index contributed by atoms with van der Waals surface area (Å²) in [5.74, 6) is -1.34. The van der Waals surface area contributed by atoms with E-state index in [2.05, 4.69) is 108 Å². The van der Waals surface area contributed by atoms with Gasteiger partial charge in [0.15, 0.2) is 0 Å². The van der Waals surface area contributed by atoms with E-state index in [1.54, 1.807) is 48.5 Å². The van der Waals surface area contributed by atoms with Crippen LogP contribution in [-0.4, -0.2) is 47.6 Å². The van der Waals surface area contributed by atoms with Crippen LogP contribution in [0.2, 0.25) is 0 Å². The third-order valence-electron chi connectivity index (χ3n) is 16.3. The van der Waals surface area contributed by atoms with Gasteiger partial charge in [-0.15, -0.1) is 0 Å². The van der Waals surface area contributed by atoms with E-state index in [9.17, 15) is 9.59 Å². The molecule has 2 aliphatic carbocycles. The van der Waals surface area contributed by atoms with Gasteiger partial charge in [0.05, 0.1) is 11.4 Å². The average molecular weight is 1140 g/mol. The van der Waals surface area contributed by atoms with Gasteiger partial charge in [-0.25, -0.2) is 14.6 Å². The second kappa shape index (κ2) is 24.8. The Morgan fingerprint density at radius 1 is 0.544 bits per heavy atom. The Morgan fingerprint density at radius 2 is 0.911 bits per heavy atom. The van der Waals surface area contributed by atoms with Crippen molar-refractivity contribution in [2.24, 2.45) is 67.2 Å². The Balaban J connectivity index is 0.00000446. The summed E-state index contributed by atoms with van der Waals surface area (Å²) in [4.78, 5) is 75.3. The van der Waals surface area contributed by atoms with Crippen molar-refractivity contribution in [1.82, 2.24) is 10.3 Å². The van der Waals surface area contributed by atoms with Crippen LogP contribution < -0.4 is 15.6 Å². The van der Waals surface area contributed by atoms with Crippen LogP contribution in [0, 0.1) is 57.2 Å². The molecule has 414 valence electrons. The van der Waals surface area contributed by atoms with Crippen LogP contribution in [0.4, 0.5) is 11.6 Å². The number of esters is 2. The molecule has 79 heavy (non-hydrogen) atoms. The Kier molecular flexibility index (Phi) is 19.1. The van der Waals surface area contributed by atoms with Crippen molar-refractivity contribution in [3.8, 4) is 11.1 Å². The van der Waals surface area contributed by atoms with Crippen LogP contribution in [0.25, 0.3) is 16.7 Å². The molecule has 0 saturated heterocycles. The Hall–Kier alpha value is -5.97. The van der Waals surface area contributed by atoms with Crippen molar-refractivity contribution in [2.75, 3.05) is 5.32 Å². The van der Waals surface area contributed by atoms with Gasteiger partial charge in [0, 0.05) is 57.6 Å². The fraction of sp³-hybridized carbons (Fsp3) is 0.455. The van der Waals surface area contributed by atoms with Crippen molar-refractivity contribution in [2.45, 2.75) is 135 Å². The summed E-state index contributed by atoms with van der Waals surface area (Å²) in [5, 5.41) is 5.99. The fourth-order valence-electron chi connectivity index (χ4n) is 12.1. The molecule has 1 aromatic heterocycles. The number of halogens is 1. The number of ether oxygens (including phenoxy) is 2. The molecule has 5 aromatic rings.